The fraction of sp³-hybridized carbons (Fsp3) is 0.333. The van der Waals surface area contributed by atoms with Gasteiger partial charge in [-0.05, 0) is 24.1 Å². The van der Waals surface area contributed by atoms with Gasteiger partial charge < -0.3 is 8.98 Å². The SMILES string of the molecule is CCCn1ccnc1CC(=O)c1ccoc1Cl. The number of ketones is 1. The summed E-state index contributed by atoms with van der Waals surface area (Å²) in [7, 11) is 0. The number of halogens is 1. The highest BCUT2D eigenvalue weighted by Crippen LogP contribution is 2.18. The molecule has 0 fully saturated rings. The number of Topliss-reactive ketones (excluding diaryl/α,β-unsaturated/α-hetero) is 1. The van der Waals surface area contributed by atoms with Crippen molar-refractivity contribution < 1.29 is 9.21 Å². The second-order valence-electron chi connectivity index (χ2n) is 3.74. The van der Waals surface area contributed by atoms with E-state index in [2.05, 4.69) is 11.9 Å². The zero-order valence-corrected chi connectivity index (χ0v) is 10.3. The number of aromatic nitrogens is 2. The topological polar surface area (TPSA) is 48.0 Å². The van der Waals surface area contributed by atoms with Crippen LogP contribution in [0.25, 0.3) is 0 Å². The van der Waals surface area contributed by atoms with Crippen LogP contribution in [0.1, 0.15) is 29.5 Å². The summed E-state index contributed by atoms with van der Waals surface area (Å²) in [5.74, 6) is 0.682. The molecule has 90 valence electrons. The molecule has 2 aromatic heterocycles. The van der Waals surface area contributed by atoms with E-state index >= 15 is 0 Å². The van der Waals surface area contributed by atoms with Crippen LogP contribution in [0.15, 0.2) is 29.1 Å². The molecule has 0 aromatic carbocycles. The van der Waals surface area contributed by atoms with Crippen LogP contribution in [0.5, 0.6) is 0 Å². The first-order valence-electron chi connectivity index (χ1n) is 5.48. The number of nitrogens with zero attached hydrogens (tertiary/aromatic N) is 2. The Labute approximate surface area is 104 Å². The maximum Gasteiger partial charge on any atom is 0.203 e. The fourth-order valence-electron chi connectivity index (χ4n) is 1.68. The van der Waals surface area contributed by atoms with Crippen LogP contribution in [-0.2, 0) is 13.0 Å². The number of carbonyl (C=O) groups excluding carboxylic acids is 1. The maximum absolute atomic E-state index is 12.0. The molecule has 5 heteroatoms. The third-order valence-electron chi connectivity index (χ3n) is 2.50. The van der Waals surface area contributed by atoms with Gasteiger partial charge in [-0.15, -0.1) is 0 Å². The number of imidazole rings is 1. The first-order valence-corrected chi connectivity index (χ1v) is 5.86. The summed E-state index contributed by atoms with van der Waals surface area (Å²) in [6.07, 6.45) is 6.24. The summed E-state index contributed by atoms with van der Waals surface area (Å²) in [6.45, 7) is 2.94. The summed E-state index contributed by atoms with van der Waals surface area (Å²) in [4.78, 5) is 16.1. The lowest BCUT2D eigenvalue weighted by molar-refractivity contribution is 0.0989. The predicted octanol–water partition coefficient (Wildman–Crippen LogP) is 2.96. The van der Waals surface area contributed by atoms with Crippen molar-refractivity contribution in [3.63, 3.8) is 0 Å². The van der Waals surface area contributed by atoms with Crippen LogP contribution in [0.4, 0.5) is 0 Å². The molecule has 0 amide bonds. The first kappa shape index (κ1) is 11.9. The second-order valence-corrected chi connectivity index (χ2v) is 4.09. The van der Waals surface area contributed by atoms with Crippen molar-refractivity contribution in [2.75, 3.05) is 0 Å². The van der Waals surface area contributed by atoms with Gasteiger partial charge in [-0.1, -0.05) is 6.92 Å². The van der Waals surface area contributed by atoms with Gasteiger partial charge in [0.15, 0.2) is 5.78 Å². The molecule has 4 nitrogen and oxygen atoms in total. The van der Waals surface area contributed by atoms with Crippen LogP contribution < -0.4 is 0 Å². The van der Waals surface area contributed by atoms with Crippen LogP contribution in [0, 0.1) is 0 Å². The van der Waals surface area contributed by atoms with Crippen molar-refractivity contribution in [3.05, 3.63) is 41.3 Å². The lowest BCUT2D eigenvalue weighted by Crippen LogP contribution is -2.10. The van der Waals surface area contributed by atoms with Crippen molar-refractivity contribution in [2.24, 2.45) is 0 Å². The van der Waals surface area contributed by atoms with Crippen LogP contribution >= 0.6 is 11.6 Å². The Kier molecular flexibility index (Phi) is 3.64. The molecular formula is C12H13ClN2O2. The standard InChI is InChI=1S/C12H13ClN2O2/c1-2-5-15-6-4-14-11(15)8-10(16)9-3-7-17-12(9)13/h3-4,6-7H,2,5,8H2,1H3. The average molecular weight is 253 g/mol. The highest BCUT2D eigenvalue weighted by molar-refractivity contribution is 6.32. The van der Waals surface area contributed by atoms with Gasteiger partial charge in [0.2, 0.25) is 5.22 Å². The van der Waals surface area contributed by atoms with Crippen molar-refractivity contribution in [3.8, 4) is 0 Å². The van der Waals surface area contributed by atoms with E-state index in [4.69, 9.17) is 16.0 Å². The normalized spacial score (nSPS) is 10.7. The van der Waals surface area contributed by atoms with Crippen molar-refractivity contribution >= 4 is 17.4 Å². The molecule has 2 aromatic rings. The molecule has 0 spiro atoms. The van der Waals surface area contributed by atoms with E-state index in [1.165, 1.54) is 6.26 Å². The Balaban J connectivity index is 2.13. The van der Waals surface area contributed by atoms with Gasteiger partial charge in [-0.2, -0.15) is 0 Å². The molecule has 0 radical (unpaired) electrons. The largest absolute Gasteiger partial charge is 0.452 e. The van der Waals surface area contributed by atoms with Crippen molar-refractivity contribution in [2.45, 2.75) is 26.3 Å². The number of rotatable bonds is 5. The Morgan fingerprint density at radius 1 is 1.59 bits per heavy atom. The predicted molar refractivity (Wildman–Crippen MR) is 64.3 cm³/mol. The van der Waals surface area contributed by atoms with Gasteiger partial charge in [0.05, 0.1) is 18.2 Å². The molecule has 0 saturated carbocycles. The van der Waals surface area contributed by atoms with E-state index in [-0.39, 0.29) is 17.4 Å². The molecule has 0 N–H and O–H groups in total. The minimum Gasteiger partial charge on any atom is -0.452 e. The molecule has 0 aliphatic carbocycles. The molecule has 0 aliphatic rings. The van der Waals surface area contributed by atoms with E-state index in [1.54, 1.807) is 12.3 Å². The molecular weight excluding hydrogens is 240 g/mol. The Morgan fingerprint density at radius 2 is 2.41 bits per heavy atom. The summed E-state index contributed by atoms with van der Waals surface area (Å²) in [5.41, 5.74) is 0.415. The molecule has 0 aliphatic heterocycles. The second kappa shape index (κ2) is 5.19. The summed E-state index contributed by atoms with van der Waals surface area (Å²) < 4.78 is 6.88. The quantitative estimate of drug-likeness (QED) is 0.769. The van der Waals surface area contributed by atoms with Gasteiger partial charge in [0.25, 0.3) is 0 Å². The van der Waals surface area contributed by atoms with E-state index in [9.17, 15) is 4.79 Å². The van der Waals surface area contributed by atoms with Gasteiger partial charge in [0.1, 0.15) is 5.82 Å². The van der Waals surface area contributed by atoms with Crippen LogP contribution in [-0.4, -0.2) is 15.3 Å². The third-order valence-corrected chi connectivity index (χ3v) is 2.80. The smallest absolute Gasteiger partial charge is 0.203 e. The van der Waals surface area contributed by atoms with Gasteiger partial charge in [-0.25, -0.2) is 4.98 Å². The Bertz CT molecular complexity index is 516. The van der Waals surface area contributed by atoms with E-state index in [1.807, 2.05) is 10.8 Å². The molecule has 17 heavy (non-hydrogen) atoms. The van der Waals surface area contributed by atoms with Gasteiger partial charge in [-0.3, -0.25) is 4.79 Å². The number of hydrogen-bond acceptors (Lipinski definition) is 3. The summed E-state index contributed by atoms with van der Waals surface area (Å²) in [5, 5.41) is 0.142. The first-order chi connectivity index (χ1) is 8.22. The zero-order valence-electron chi connectivity index (χ0n) is 9.52. The molecule has 0 unspecified atom stereocenters. The average Bonchev–Trinajstić information content (AvgIpc) is 2.89. The Hall–Kier alpha value is -1.55. The van der Waals surface area contributed by atoms with Gasteiger partial charge >= 0.3 is 0 Å². The number of furan rings is 1. The number of aryl methyl sites for hydroxylation is 1. The van der Waals surface area contributed by atoms with Crippen molar-refractivity contribution in [1.29, 1.82) is 0 Å². The molecule has 0 bridgehead atoms. The fourth-order valence-corrected chi connectivity index (χ4v) is 1.90. The molecule has 2 rings (SSSR count). The van der Waals surface area contributed by atoms with Crippen LogP contribution in [0.3, 0.4) is 0 Å². The van der Waals surface area contributed by atoms with E-state index < -0.39 is 0 Å². The monoisotopic (exact) mass is 252 g/mol. The summed E-state index contributed by atoms with van der Waals surface area (Å²) in [6, 6.07) is 1.58. The maximum atomic E-state index is 12.0. The molecule has 0 atom stereocenters. The number of hydrogen-bond donors (Lipinski definition) is 0. The zero-order chi connectivity index (χ0) is 12.3. The summed E-state index contributed by atoms with van der Waals surface area (Å²) >= 11 is 5.76. The third kappa shape index (κ3) is 2.58. The highest BCUT2D eigenvalue weighted by Gasteiger charge is 2.15. The number of carbonyl (C=O) groups is 1. The van der Waals surface area contributed by atoms with E-state index in [0.717, 1.165) is 18.8 Å². The lowest BCUT2D eigenvalue weighted by Gasteiger charge is -2.04. The van der Waals surface area contributed by atoms with Crippen LogP contribution in [0.2, 0.25) is 5.22 Å². The van der Waals surface area contributed by atoms with Crippen molar-refractivity contribution in [1.82, 2.24) is 9.55 Å². The minimum atomic E-state index is -0.0766. The van der Waals surface area contributed by atoms with Gasteiger partial charge in [0, 0.05) is 18.9 Å². The molecule has 2 heterocycles. The van der Waals surface area contributed by atoms with E-state index in [0.29, 0.717) is 5.56 Å². The minimum absolute atomic E-state index is 0.0766. The highest BCUT2D eigenvalue weighted by atomic mass is 35.5. The molecule has 0 saturated heterocycles. The Morgan fingerprint density at radius 3 is 3.06 bits per heavy atom. The lowest BCUT2D eigenvalue weighted by atomic mass is 10.1.